The highest BCUT2D eigenvalue weighted by Crippen LogP contribution is 2.15. The van der Waals surface area contributed by atoms with Crippen LogP contribution >= 0.6 is 0 Å². The molecule has 0 N–H and O–H groups in total. The zero-order chi connectivity index (χ0) is 20.5. The number of benzene rings is 1. The van der Waals surface area contributed by atoms with Gasteiger partial charge in [-0.3, -0.25) is 0 Å². The number of unbranched alkanes of at least 4 members (excludes halogenated alkanes) is 13. The predicted molar refractivity (Wildman–Crippen MR) is 116 cm³/mol. The summed E-state index contributed by atoms with van der Waals surface area (Å²) in [5, 5.41) is 0. The van der Waals surface area contributed by atoms with Crippen molar-refractivity contribution in [1.29, 1.82) is 0 Å². The molecule has 0 amide bonds. The van der Waals surface area contributed by atoms with Gasteiger partial charge in [0, 0.05) is 0 Å². The summed E-state index contributed by atoms with van der Waals surface area (Å²) in [6.45, 7) is 4.48. The molecule has 0 fully saturated rings. The van der Waals surface area contributed by atoms with Crippen LogP contribution in [0.1, 0.15) is 102 Å². The van der Waals surface area contributed by atoms with Gasteiger partial charge in [-0.2, -0.15) is 8.42 Å². The van der Waals surface area contributed by atoms with Gasteiger partial charge >= 0.3 is 10.1 Å². The van der Waals surface area contributed by atoms with Crippen LogP contribution in [0.3, 0.4) is 0 Å². The fourth-order valence-corrected chi connectivity index (χ4v) is 3.94. The average molecular weight is 413 g/mol. The molecule has 4 nitrogen and oxygen atoms in total. The van der Waals surface area contributed by atoms with Crippen molar-refractivity contribution in [2.45, 2.75) is 109 Å². The Bertz CT molecular complexity index is 581. The van der Waals surface area contributed by atoms with E-state index in [1.54, 1.807) is 12.1 Å². The van der Waals surface area contributed by atoms with E-state index in [0.717, 1.165) is 18.4 Å². The van der Waals surface area contributed by atoms with Crippen molar-refractivity contribution in [1.82, 2.24) is 0 Å². The quantitative estimate of drug-likeness (QED) is 0.146. The molecule has 0 unspecified atom stereocenters. The second-order valence-electron chi connectivity index (χ2n) is 7.75. The minimum atomic E-state index is -3.82. The first-order valence-corrected chi connectivity index (χ1v) is 12.6. The second kappa shape index (κ2) is 15.9. The molecule has 0 aliphatic carbocycles. The molecular formula is C23H40O4S. The Hall–Kier alpha value is -0.910. The van der Waals surface area contributed by atoms with Crippen LogP contribution < -0.4 is 0 Å². The fourth-order valence-electron chi connectivity index (χ4n) is 3.20. The van der Waals surface area contributed by atoms with Crippen LogP contribution in [0, 0.1) is 6.92 Å². The van der Waals surface area contributed by atoms with E-state index in [-0.39, 0.29) is 4.90 Å². The van der Waals surface area contributed by atoms with Crippen LogP contribution in [0.25, 0.3) is 0 Å². The van der Waals surface area contributed by atoms with Gasteiger partial charge in [0.05, 0.1) is 11.5 Å². The van der Waals surface area contributed by atoms with E-state index < -0.39 is 10.1 Å². The lowest BCUT2D eigenvalue weighted by Crippen LogP contribution is -2.08. The lowest BCUT2D eigenvalue weighted by atomic mass is 10.0. The highest BCUT2D eigenvalue weighted by molar-refractivity contribution is 7.86. The molecule has 0 spiro atoms. The standard InChI is InChI=1S/C23H40O4S/c1-3-4-5-6-7-8-9-10-11-12-13-14-15-16-21-26-27-28(24,25)23-19-17-22(2)18-20-23/h17-20H,3-16,21H2,1-2H3. The van der Waals surface area contributed by atoms with Gasteiger partial charge in [-0.1, -0.05) is 108 Å². The predicted octanol–water partition coefficient (Wildman–Crippen LogP) is 7.11. The lowest BCUT2D eigenvalue weighted by molar-refractivity contribution is -0.202. The Morgan fingerprint density at radius 2 is 1.11 bits per heavy atom. The Labute approximate surface area is 173 Å². The summed E-state index contributed by atoms with van der Waals surface area (Å²) >= 11 is 0. The van der Waals surface area contributed by atoms with Crippen LogP contribution in [0.15, 0.2) is 29.2 Å². The molecule has 0 saturated carbocycles. The molecule has 5 heteroatoms. The zero-order valence-corrected chi connectivity index (χ0v) is 18.8. The molecule has 0 saturated heterocycles. The Kier molecular flexibility index (Phi) is 14.3. The SMILES string of the molecule is CCCCCCCCCCCCCCCCOOS(=O)(=O)c1ccc(C)cc1. The lowest BCUT2D eigenvalue weighted by Gasteiger charge is -2.06. The van der Waals surface area contributed by atoms with Crippen molar-refractivity contribution in [3.05, 3.63) is 29.8 Å². The summed E-state index contributed by atoms with van der Waals surface area (Å²) in [6, 6.07) is 6.54. The molecule has 1 aromatic carbocycles. The molecule has 1 rings (SSSR count). The van der Waals surface area contributed by atoms with E-state index in [0.29, 0.717) is 6.61 Å². The molecule has 0 aliphatic heterocycles. The summed E-state index contributed by atoms with van der Waals surface area (Å²) in [6.07, 6.45) is 18.0. The number of hydrogen-bond donors (Lipinski definition) is 0. The van der Waals surface area contributed by atoms with E-state index in [1.165, 1.54) is 89.2 Å². The fraction of sp³-hybridized carbons (Fsp3) is 0.739. The summed E-state index contributed by atoms with van der Waals surface area (Å²) < 4.78 is 28.5. The van der Waals surface area contributed by atoms with Gasteiger partial charge in [0.25, 0.3) is 0 Å². The highest BCUT2D eigenvalue weighted by atomic mass is 32.2. The Morgan fingerprint density at radius 1 is 0.679 bits per heavy atom. The maximum atomic E-state index is 11.9. The van der Waals surface area contributed by atoms with Crippen molar-refractivity contribution < 1.29 is 17.6 Å². The third-order valence-corrected chi connectivity index (χ3v) is 6.15. The highest BCUT2D eigenvalue weighted by Gasteiger charge is 2.15. The summed E-state index contributed by atoms with van der Waals surface area (Å²) in [7, 11) is -3.82. The summed E-state index contributed by atoms with van der Waals surface area (Å²) in [4.78, 5) is 5.03. The Balaban J connectivity index is 1.88. The largest absolute Gasteiger partial charge is 0.323 e. The van der Waals surface area contributed by atoms with Crippen molar-refractivity contribution in [3.8, 4) is 0 Å². The molecule has 162 valence electrons. The van der Waals surface area contributed by atoms with E-state index >= 15 is 0 Å². The van der Waals surface area contributed by atoms with Crippen LogP contribution in [0.2, 0.25) is 0 Å². The maximum absolute atomic E-state index is 11.9. The topological polar surface area (TPSA) is 52.6 Å². The van der Waals surface area contributed by atoms with E-state index in [2.05, 4.69) is 11.3 Å². The minimum absolute atomic E-state index is 0.124. The summed E-state index contributed by atoms with van der Waals surface area (Å²) in [5.41, 5.74) is 1.00. The normalized spacial score (nSPS) is 11.8. The molecule has 28 heavy (non-hydrogen) atoms. The number of rotatable bonds is 18. The number of hydrogen-bond acceptors (Lipinski definition) is 4. The van der Waals surface area contributed by atoms with Gasteiger partial charge in [0.2, 0.25) is 0 Å². The van der Waals surface area contributed by atoms with Gasteiger partial charge in [-0.25, -0.2) is 4.89 Å². The first kappa shape index (κ1) is 25.1. The van der Waals surface area contributed by atoms with E-state index in [1.807, 2.05) is 6.92 Å². The summed E-state index contributed by atoms with van der Waals surface area (Å²) in [5.74, 6) is 0. The van der Waals surface area contributed by atoms with Crippen LogP contribution in [-0.2, 0) is 19.3 Å². The van der Waals surface area contributed by atoms with Crippen molar-refractivity contribution in [2.24, 2.45) is 0 Å². The van der Waals surface area contributed by atoms with Crippen molar-refractivity contribution in [3.63, 3.8) is 0 Å². The van der Waals surface area contributed by atoms with E-state index in [4.69, 9.17) is 4.89 Å². The van der Waals surface area contributed by atoms with Gasteiger partial charge in [0.15, 0.2) is 0 Å². The zero-order valence-electron chi connectivity index (χ0n) is 18.0. The van der Waals surface area contributed by atoms with Crippen LogP contribution in [0.5, 0.6) is 0 Å². The van der Waals surface area contributed by atoms with Crippen molar-refractivity contribution >= 4 is 10.1 Å². The van der Waals surface area contributed by atoms with E-state index in [9.17, 15) is 8.42 Å². The molecule has 0 atom stereocenters. The first-order valence-electron chi connectivity index (χ1n) is 11.2. The van der Waals surface area contributed by atoms with Crippen molar-refractivity contribution in [2.75, 3.05) is 6.61 Å². The molecule has 0 heterocycles. The Morgan fingerprint density at radius 3 is 1.57 bits per heavy atom. The molecular weight excluding hydrogens is 372 g/mol. The first-order chi connectivity index (χ1) is 13.6. The minimum Gasteiger partial charge on any atom is -0.220 e. The monoisotopic (exact) mass is 412 g/mol. The third-order valence-electron chi connectivity index (χ3n) is 5.03. The van der Waals surface area contributed by atoms with Crippen LogP contribution in [0.4, 0.5) is 0 Å². The smallest absolute Gasteiger partial charge is 0.220 e. The molecule has 0 bridgehead atoms. The number of aryl methyl sites for hydroxylation is 1. The molecule has 0 aromatic heterocycles. The average Bonchev–Trinajstić information content (AvgIpc) is 2.68. The maximum Gasteiger partial charge on any atom is 0.323 e. The van der Waals surface area contributed by atoms with Gasteiger partial charge < -0.3 is 0 Å². The van der Waals surface area contributed by atoms with Gasteiger partial charge in [-0.15, -0.1) is 4.33 Å². The third kappa shape index (κ3) is 12.5. The second-order valence-corrected chi connectivity index (χ2v) is 9.27. The molecule has 0 radical (unpaired) electrons. The van der Waals surface area contributed by atoms with Gasteiger partial charge in [0.1, 0.15) is 0 Å². The van der Waals surface area contributed by atoms with Gasteiger partial charge in [-0.05, 0) is 25.5 Å². The van der Waals surface area contributed by atoms with Crippen LogP contribution in [-0.4, -0.2) is 15.0 Å². The molecule has 0 aliphatic rings. The molecule has 1 aromatic rings.